The molecular formula is C42H67N3O5S. The maximum atomic E-state index is 14.1. The molecule has 0 unspecified atom stereocenters. The van der Waals surface area contributed by atoms with Crippen LogP contribution in [0.3, 0.4) is 0 Å². The summed E-state index contributed by atoms with van der Waals surface area (Å²) < 4.78 is 41.6. The third kappa shape index (κ3) is 13.5. The lowest BCUT2D eigenvalue weighted by Crippen LogP contribution is -2.63. The Morgan fingerprint density at radius 2 is 1.33 bits per heavy atom. The average Bonchev–Trinajstić information content (AvgIpc) is 3.05. The van der Waals surface area contributed by atoms with Crippen molar-refractivity contribution in [3.05, 3.63) is 53.6 Å². The summed E-state index contributed by atoms with van der Waals surface area (Å²) >= 11 is 0. The number of piperidine rings is 1. The maximum absolute atomic E-state index is 14.1. The molecule has 0 bridgehead atoms. The highest BCUT2D eigenvalue weighted by molar-refractivity contribution is 7.89. The molecule has 0 aromatic heterocycles. The highest BCUT2D eigenvalue weighted by Crippen LogP contribution is 2.41. The number of carbonyl (C=O) groups is 1. The highest BCUT2D eigenvalue weighted by Gasteiger charge is 2.51. The minimum absolute atomic E-state index is 0.160. The Balaban J connectivity index is 1.45. The summed E-state index contributed by atoms with van der Waals surface area (Å²) in [5.74, 6) is 1.28. The van der Waals surface area contributed by atoms with Crippen molar-refractivity contribution in [3.8, 4) is 11.5 Å². The number of nitrogens with zero attached hydrogens (tertiary/aromatic N) is 2. The van der Waals surface area contributed by atoms with Crippen molar-refractivity contribution in [2.45, 2.75) is 174 Å². The van der Waals surface area contributed by atoms with Gasteiger partial charge in [-0.15, -0.1) is 0 Å². The molecule has 0 saturated carbocycles. The molecule has 286 valence electrons. The fraction of sp³-hybridized carbons (Fsp3) is 0.667. The SMILES string of the molecule is CCCCCCCCCCCCCCCOc1ccc(S(=O)(=O)N2C(C)(C)CC(=NNC(=O)COc3cc(C)ccc3C(C)C)CC2(C)C)cc1. The van der Waals surface area contributed by atoms with E-state index in [1.807, 2.05) is 52.8 Å². The van der Waals surface area contributed by atoms with E-state index >= 15 is 0 Å². The quantitative estimate of drug-likeness (QED) is 0.0963. The Morgan fingerprint density at radius 3 is 1.86 bits per heavy atom. The first kappa shape index (κ1) is 42.5. The van der Waals surface area contributed by atoms with Gasteiger partial charge in [0.05, 0.1) is 11.5 Å². The van der Waals surface area contributed by atoms with Gasteiger partial charge in [0.15, 0.2) is 6.61 Å². The fourth-order valence-electron chi connectivity index (χ4n) is 7.44. The predicted molar refractivity (Wildman–Crippen MR) is 210 cm³/mol. The normalized spacial score (nSPS) is 15.9. The van der Waals surface area contributed by atoms with E-state index in [0.29, 0.717) is 30.9 Å². The smallest absolute Gasteiger partial charge is 0.277 e. The van der Waals surface area contributed by atoms with E-state index in [1.54, 1.807) is 28.6 Å². The van der Waals surface area contributed by atoms with Crippen LogP contribution in [0.25, 0.3) is 0 Å². The van der Waals surface area contributed by atoms with Gasteiger partial charge in [-0.25, -0.2) is 13.8 Å². The molecule has 1 saturated heterocycles. The molecule has 51 heavy (non-hydrogen) atoms. The molecule has 8 nitrogen and oxygen atoms in total. The molecule has 1 heterocycles. The summed E-state index contributed by atoms with van der Waals surface area (Å²) in [6, 6.07) is 12.8. The van der Waals surface area contributed by atoms with Crippen molar-refractivity contribution in [1.82, 2.24) is 9.73 Å². The number of carbonyl (C=O) groups excluding carboxylic acids is 1. The van der Waals surface area contributed by atoms with Crippen LogP contribution in [0.15, 0.2) is 52.5 Å². The van der Waals surface area contributed by atoms with Gasteiger partial charge >= 0.3 is 0 Å². The summed E-state index contributed by atoms with van der Waals surface area (Å²) in [6.45, 7) is 16.5. The van der Waals surface area contributed by atoms with Gasteiger partial charge in [-0.3, -0.25) is 4.79 Å². The molecule has 2 aromatic carbocycles. The van der Waals surface area contributed by atoms with Gasteiger partial charge in [0, 0.05) is 29.6 Å². The van der Waals surface area contributed by atoms with Crippen LogP contribution in [0.4, 0.5) is 0 Å². The Morgan fingerprint density at radius 1 is 0.804 bits per heavy atom. The van der Waals surface area contributed by atoms with Crippen LogP contribution in [0.2, 0.25) is 0 Å². The second kappa shape index (κ2) is 20.4. The zero-order valence-electron chi connectivity index (χ0n) is 33.0. The Hall–Kier alpha value is -2.91. The van der Waals surface area contributed by atoms with E-state index in [-0.39, 0.29) is 23.3 Å². The minimum Gasteiger partial charge on any atom is -0.494 e. The number of rotatable bonds is 22. The van der Waals surface area contributed by atoms with E-state index in [2.05, 4.69) is 31.3 Å². The van der Waals surface area contributed by atoms with Crippen LogP contribution in [0, 0.1) is 6.92 Å². The first-order valence-electron chi connectivity index (χ1n) is 19.5. The molecular weight excluding hydrogens is 659 g/mol. The first-order chi connectivity index (χ1) is 24.2. The third-order valence-electron chi connectivity index (χ3n) is 9.74. The van der Waals surface area contributed by atoms with Crippen LogP contribution in [-0.2, 0) is 14.8 Å². The molecule has 2 aromatic rings. The fourth-order valence-corrected chi connectivity index (χ4v) is 9.56. The number of hydrogen-bond donors (Lipinski definition) is 1. The van der Waals surface area contributed by atoms with Gasteiger partial charge in [0.2, 0.25) is 10.0 Å². The Labute approximate surface area is 310 Å². The van der Waals surface area contributed by atoms with Crippen molar-refractivity contribution in [2.75, 3.05) is 13.2 Å². The molecule has 0 spiro atoms. The number of ether oxygens (including phenoxy) is 2. The molecule has 1 fully saturated rings. The highest BCUT2D eigenvalue weighted by atomic mass is 32.2. The van der Waals surface area contributed by atoms with Gasteiger partial charge in [-0.1, -0.05) is 110 Å². The maximum Gasteiger partial charge on any atom is 0.277 e. The molecule has 0 atom stereocenters. The summed E-state index contributed by atoms with van der Waals surface area (Å²) in [5, 5.41) is 4.44. The molecule has 0 aliphatic carbocycles. The van der Waals surface area contributed by atoms with Crippen LogP contribution in [-0.4, -0.2) is 48.6 Å². The number of sulfonamides is 1. The van der Waals surface area contributed by atoms with Gasteiger partial charge in [-0.2, -0.15) is 9.41 Å². The van der Waals surface area contributed by atoms with Crippen LogP contribution in [0.1, 0.15) is 162 Å². The number of nitrogens with one attached hydrogen (secondary N) is 1. The van der Waals surface area contributed by atoms with Crippen molar-refractivity contribution >= 4 is 21.6 Å². The molecule has 1 aliphatic rings. The Kier molecular flexibility index (Phi) is 17.0. The summed E-state index contributed by atoms with van der Waals surface area (Å²) in [5.41, 5.74) is 3.92. The van der Waals surface area contributed by atoms with Gasteiger partial charge in [0.25, 0.3) is 5.91 Å². The van der Waals surface area contributed by atoms with Crippen LogP contribution in [0.5, 0.6) is 11.5 Å². The summed E-state index contributed by atoms with van der Waals surface area (Å²) in [7, 11) is -3.84. The number of hydrogen-bond acceptors (Lipinski definition) is 6. The van der Waals surface area contributed by atoms with E-state index in [4.69, 9.17) is 9.47 Å². The molecule has 3 rings (SSSR count). The van der Waals surface area contributed by atoms with E-state index in [0.717, 1.165) is 29.7 Å². The summed E-state index contributed by atoms with van der Waals surface area (Å²) in [6.07, 6.45) is 17.7. The van der Waals surface area contributed by atoms with E-state index in [1.165, 1.54) is 70.6 Å². The van der Waals surface area contributed by atoms with Crippen molar-refractivity contribution in [3.63, 3.8) is 0 Å². The van der Waals surface area contributed by atoms with Crippen molar-refractivity contribution in [1.29, 1.82) is 0 Å². The number of unbranched alkanes of at least 4 members (excludes halogenated alkanes) is 12. The van der Waals surface area contributed by atoms with E-state index in [9.17, 15) is 13.2 Å². The molecule has 1 aliphatic heterocycles. The first-order valence-corrected chi connectivity index (χ1v) is 21.0. The van der Waals surface area contributed by atoms with Crippen molar-refractivity contribution in [2.24, 2.45) is 5.10 Å². The predicted octanol–water partition coefficient (Wildman–Crippen LogP) is 10.5. The molecule has 1 N–H and O–H groups in total. The van der Waals surface area contributed by atoms with Crippen molar-refractivity contribution < 1.29 is 22.7 Å². The topological polar surface area (TPSA) is 97.3 Å². The summed E-state index contributed by atoms with van der Waals surface area (Å²) in [4.78, 5) is 13.0. The standard InChI is InChI=1S/C42H67N3O5S/c1-9-10-11-12-13-14-15-16-17-18-19-20-21-28-49-36-23-25-37(26-24-36)51(47,48)45-41(5,6)30-35(31-42(45,7)8)43-44-40(46)32-50-39-29-34(4)22-27-38(39)33(2)3/h22-27,29,33H,9-21,28,30-32H2,1-8H3,(H,44,46). The number of hydrazone groups is 1. The lowest BCUT2D eigenvalue weighted by atomic mass is 9.81. The average molecular weight is 726 g/mol. The lowest BCUT2D eigenvalue weighted by molar-refractivity contribution is -0.123. The molecule has 1 amide bonds. The van der Waals surface area contributed by atoms with E-state index < -0.39 is 21.1 Å². The Bertz CT molecular complexity index is 1480. The molecule has 0 radical (unpaired) electrons. The van der Waals surface area contributed by atoms with Gasteiger partial charge in [0.1, 0.15) is 11.5 Å². The zero-order valence-corrected chi connectivity index (χ0v) is 33.8. The lowest BCUT2D eigenvalue weighted by Gasteiger charge is -2.51. The van der Waals surface area contributed by atoms with Crippen LogP contribution < -0.4 is 14.9 Å². The third-order valence-corrected chi connectivity index (χ3v) is 12.1. The monoisotopic (exact) mass is 725 g/mol. The van der Waals surface area contributed by atoms with Gasteiger partial charge < -0.3 is 9.47 Å². The number of aryl methyl sites for hydroxylation is 1. The molecule has 9 heteroatoms. The van der Waals surface area contributed by atoms with Gasteiger partial charge in [-0.05, 0) is 88.4 Å². The zero-order chi connectivity index (χ0) is 37.5. The second-order valence-electron chi connectivity index (χ2n) is 16.0. The second-order valence-corrected chi connectivity index (χ2v) is 17.8. The number of benzene rings is 2. The largest absolute Gasteiger partial charge is 0.494 e. The number of amides is 1. The minimum atomic E-state index is -3.84. The van der Waals surface area contributed by atoms with Crippen LogP contribution >= 0.6 is 0 Å².